The number of methoxy groups -OCH3 is 1. The highest BCUT2D eigenvalue weighted by molar-refractivity contribution is 5.80. The number of benzene rings is 1. The number of aliphatic imine (C=N–C) groups is 1. The van der Waals surface area contributed by atoms with Gasteiger partial charge in [-0.3, -0.25) is 15.1 Å². The lowest BCUT2D eigenvalue weighted by Gasteiger charge is -2.59. The van der Waals surface area contributed by atoms with E-state index in [1.165, 1.54) is 6.07 Å². The summed E-state index contributed by atoms with van der Waals surface area (Å²) in [5.74, 6) is 0.678. The summed E-state index contributed by atoms with van der Waals surface area (Å²) in [6.07, 6.45) is 0.897. The number of ether oxygens (including phenoxy) is 1. The largest absolute Gasteiger partial charge is 0.378 e. The summed E-state index contributed by atoms with van der Waals surface area (Å²) >= 11 is 0. The molecule has 7 nitrogen and oxygen atoms in total. The average Bonchev–Trinajstić information content (AvgIpc) is 2.57. The molecule has 1 aromatic carbocycles. The second-order valence-corrected chi connectivity index (χ2v) is 6.91. The predicted octanol–water partition coefficient (Wildman–Crippen LogP) is 2.46. The van der Waals surface area contributed by atoms with E-state index >= 15 is 0 Å². The Balaban J connectivity index is 1.95. The molecule has 0 amide bonds. The molecule has 0 heterocycles. The van der Waals surface area contributed by atoms with Gasteiger partial charge in [-0.1, -0.05) is 26.0 Å². The highest BCUT2D eigenvalue weighted by atomic mass is 16.6. The van der Waals surface area contributed by atoms with Crippen molar-refractivity contribution < 1.29 is 9.66 Å². The molecule has 1 fully saturated rings. The van der Waals surface area contributed by atoms with Gasteiger partial charge >= 0.3 is 0 Å². The van der Waals surface area contributed by atoms with Gasteiger partial charge in [-0.15, -0.1) is 0 Å². The van der Waals surface area contributed by atoms with Gasteiger partial charge in [0.1, 0.15) is 0 Å². The molecule has 0 radical (unpaired) electrons. The minimum atomic E-state index is -0.390. The Kier molecular flexibility index (Phi) is 5.13. The summed E-state index contributed by atoms with van der Waals surface area (Å²) in [6.45, 7) is 6.93. The maximum atomic E-state index is 10.8. The summed E-state index contributed by atoms with van der Waals surface area (Å²) < 4.78 is 5.64. The first kappa shape index (κ1) is 18.2. The smallest absolute Gasteiger partial charge is 0.269 e. The third kappa shape index (κ3) is 3.36. The number of non-ortho nitro benzene ring substituents is 1. The fraction of sp³-hybridized carbons (Fsp3) is 0.588. The van der Waals surface area contributed by atoms with Crippen LogP contribution in [0, 0.1) is 15.5 Å². The fourth-order valence-electron chi connectivity index (χ4n) is 3.05. The number of guanidine groups is 1. The van der Waals surface area contributed by atoms with Gasteiger partial charge in [-0.25, -0.2) is 0 Å². The van der Waals surface area contributed by atoms with Gasteiger partial charge in [-0.2, -0.15) is 0 Å². The van der Waals surface area contributed by atoms with Gasteiger partial charge in [0.15, 0.2) is 5.96 Å². The number of nitrogens with one attached hydrogen (secondary N) is 2. The van der Waals surface area contributed by atoms with Crippen molar-refractivity contribution in [2.45, 2.75) is 45.4 Å². The van der Waals surface area contributed by atoms with Crippen LogP contribution in [0.25, 0.3) is 0 Å². The number of hydrogen-bond donors (Lipinski definition) is 2. The molecule has 0 bridgehead atoms. The Morgan fingerprint density at radius 1 is 1.46 bits per heavy atom. The Morgan fingerprint density at radius 3 is 2.71 bits per heavy atom. The van der Waals surface area contributed by atoms with Crippen LogP contribution in [0.15, 0.2) is 29.3 Å². The molecule has 1 aromatic rings. The lowest BCUT2D eigenvalue weighted by Crippen LogP contribution is -2.69. The van der Waals surface area contributed by atoms with Gasteiger partial charge in [0, 0.05) is 44.3 Å². The van der Waals surface area contributed by atoms with E-state index < -0.39 is 0 Å². The van der Waals surface area contributed by atoms with Crippen LogP contribution in [0.2, 0.25) is 0 Å². The molecule has 0 aliphatic heterocycles. The van der Waals surface area contributed by atoms with Gasteiger partial charge in [-0.05, 0) is 18.9 Å². The molecule has 2 atom stereocenters. The molecule has 7 heteroatoms. The van der Waals surface area contributed by atoms with Crippen LogP contribution in [0.4, 0.5) is 5.69 Å². The summed E-state index contributed by atoms with van der Waals surface area (Å²) in [4.78, 5) is 14.7. The second kappa shape index (κ2) is 6.76. The second-order valence-electron chi connectivity index (χ2n) is 6.91. The number of nitrogens with zero attached hydrogens (tertiary/aromatic N) is 2. The van der Waals surface area contributed by atoms with Crippen LogP contribution < -0.4 is 10.6 Å². The molecule has 1 aliphatic carbocycles. The summed E-state index contributed by atoms with van der Waals surface area (Å²) in [5.41, 5.74) is 0.754. The average molecular weight is 334 g/mol. The Bertz CT molecular complexity index is 644. The third-order valence-corrected chi connectivity index (χ3v) is 5.39. The van der Waals surface area contributed by atoms with Gasteiger partial charge in [0.2, 0.25) is 0 Å². The molecule has 2 rings (SSSR count). The van der Waals surface area contributed by atoms with Crippen molar-refractivity contribution in [1.29, 1.82) is 0 Å². The van der Waals surface area contributed by atoms with Crippen molar-refractivity contribution in [3.05, 3.63) is 39.9 Å². The Labute approximate surface area is 142 Å². The van der Waals surface area contributed by atoms with E-state index in [1.807, 2.05) is 6.07 Å². The number of nitro groups is 1. The first-order valence-corrected chi connectivity index (χ1v) is 7.99. The lowest BCUT2D eigenvalue weighted by atomic mass is 9.56. The van der Waals surface area contributed by atoms with E-state index in [1.54, 1.807) is 26.3 Å². The van der Waals surface area contributed by atoms with Crippen molar-refractivity contribution in [1.82, 2.24) is 10.6 Å². The van der Waals surface area contributed by atoms with Crippen LogP contribution in [-0.4, -0.2) is 36.7 Å². The first-order chi connectivity index (χ1) is 11.2. The predicted molar refractivity (Wildman–Crippen MR) is 94.0 cm³/mol. The molecule has 1 aliphatic rings. The molecule has 132 valence electrons. The molecular weight excluding hydrogens is 308 g/mol. The zero-order chi connectivity index (χ0) is 18.0. The summed E-state index contributed by atoms with van der Waals surface area (Å²) in [6, 6.07) is 6.83. The molecule has 24 heavy (non-hydrogen) atoms. The molecule has 0 aromatic heterocycles. The quantitative estimate of drug-likeness (QED) is 0.374. The fourth-order valence-corrected chi connectivity index (χ4v) is 3.05. The number of hydrogen-bond acceptors (Lipinski definition) is 4. The van der Waals surface area contributed by atoms with Crippen LogP contribution in [-0.2, 0) is 11.3 Å². The van der Waals surface area contributed by atoms with Gasteiger partial charge < -0.3 is 15.4 Å². The molecule has 2 unspecified atom stereocenters. The monoisotopic (exact) mass is 334 g/mol. The zero-order valence-corrected chi connectivity index (χ0v) is 14.9. The van der Waals surface area contributed by atoms with Crippen molar-refractivity contribution in [2.75, 3.05) is 14.2 Å². The highest BCUT2D eigenvalue weighted by Crippen LogP contribution is 2.51. The maximum absolute atomic E-state index is 10.8. The van der Waals surface area contributed by atoms with E-state index in [0.29, 0.717) is 12.5 Å². The van der Waals surface area contributed by atoms with Crippen molar-refractivity contribution >= 4 is 11.6 Å². The van der Waals surface area contributed by atoms with E-state index in [-0.39, 0.29) is 27.7 Å². The SMILES string of the molecule is CN=C(NCc1cccc([N+](=O)[O-])c1)NC1CC(C)(OC)C1(C)C. The van der Waals surface area contributed by atoms with Gasteiger partial charge in [0.25, 0.3) is 5.69 Å². The van der Waals surface area contributed by atoms with E-state index in [2.05, 4.69) is 36.4 Å². The zero-order valence-electron chi connectivity index (χ0n) is 14.9. The third-order valence-electron chi connectivity index (χ3n) is 5.39. The topological polar surface area (TPSA) is 88.8 Å². The Hall–Kier alpha value is -2.15. The lowest BCUT2D eigenvalue weighted by molar-refractivity contribution is -0.384. The standard InChI is InChI=1S/C17H26N4O3/c1-16(2)14(10-17(16,3)24-5)20-15(18-4)19-11-12-7-6-8-13(9-12)21(22)23/h6-9,14H,10-11H2,1-5H3,(H2,18,19,20). The van der Waals surface area contributed by atoms with Crippen LogP contribution in [0.1, 0.15) is 32.8 Å². The molecule has 2 N–H and O–H groups in total. The van der Waals surface area contributed by atoms with Crippen molar-refractivity contribution in [2.24, 2.45) is 10.4 Å². The van der Waals surface area contributed by atoms with Gasteiger partial charge in [0.05, 0.1) is 10.5 Å². The summed E-state index contributed by atoms with van der Waals surface area (Å²) in [5, 5.41) is 17.5. The van der Waals surface area contributed by atoms with Crippen LogP contribution >= 0.6 is 0 Å². The normalized spacial score (nSPS) is 25.7. The summed E-state index contributed by atoms with van der Waals surface area (Å²) in [7, 11) is 3.46. The first-order valence-electron chi connectivity index (χ1n) is 7.99. The van der Waals surface area contributed by atoms with Crippen LogP contribution in [0.5, 0.6) is 0 Å². The maximum Gasteiger partial charge on any atom is 0.269 e. The number of nitro benzene ring substituents is 1. The minimum Gasteiger partial charge on any atom is -0.378 e. The van der Waals surface area contributed by atoms with Crippen LogP contribution in [0.3, 0.4) is 0 Å². The van der Waals surface area contributed by atoms with E-state index in [4.69, 9.17) is 4.74 Å². The van der Waals surface area contributed by atoms with E-state index in [9.17, 15) is 10.1 Å². The molecule has 1 saturated carbocycles. The van der Waals surface area contributed by atoms with Crippen molar-refractivity contribution in [3.8, 4) is 0 Å². The Morgan fingerprint density at radius 2 is 2.17 bits per heavy atom. The van der Waals surface area contributed by atoms with E-state index in [0.717, 1.165) is 12.0 Å². The molecule has 0 spiro atoms. The minimum absolute atomic E-state index is 0.0229. The highest BCUT2D eigenvalue weighted by Gasteiger charge is 2.58. The van der Waals surface area contributed by atoms with Crippen molar-refractivity contribution in [3.63, 3.8) is 0 Å². The number of rotatable bonds is 5. The molecular formula is C17H26N4O3. The molecule has 0 saturated heterocycles.